The third-order valence-corrected chi connectivity index (χ3v) is 5.03. The van der Waals surface area contributed by atoms with Gasteiger partial charge in [0.05, 0.1) is 16.6 Å². The summed E-state index contributed by atoms with van der Waals surface area (Å²) in [5.74, 6) is -0.751. The average Bonchev–Trinajstić information content (AvgIpc) is 2.51. The van der Waals surface area contributed by atoms with Crippen LogP contribution in [-0.4, -0.2) is 20.3 Å². The summed E-state index contributed by atoms with van der Waals surface area (Å²) in [5, 5.41) is 3.05. The highest BCUT2D eigenvalue weighted by atomic mass is 79.9. The molecule has 0 heterocycles. The Morgan fingerprint density at radius 3 is 2.48 bits per heavy atom. The highest BCUT2D eigenvalue weighted by molar-refractivity contribution is 9.10. The molecule has 1 aromatic rings. The van der Waals surface area contributed by atoms with Crippen LogP contribution >= 0.6 is 15.9 Å². The summed E-state index contributed by atoms with van der Waals surface area (Å²) in [7, 11) is 3.34. The summed E-state index contributed by atoms with van der Waals surface area (Å²) in [4.78, 5) is 0. The lowest BCUT2D eigenvalue weighted by atomic mass is 9.80. The largest absolute Gasteiger partial charge is 0.379 e. The van der Waals surface area contributed by atoms with E-state index in [1.807, 2.05) is 0 Å². The maximum absolute atomic E-state index is 14.4. The van der Waals surface area contributed by atoms with Crippen molar-refractivity contribution in [1.29, 1.82) is 0 Å². The smallest absolute Gasteiger partial charge is 0.145 e. The van der Waals surface area contributed by atoms with Crippen molar-refractivity contribution in [2.45, 2.75) is 44.2 Å². The highest BCUT2D eigenvalue weighted by Gasteiger charge is 2.34. The fourth-order valence-electron chi connectivity index (χ4n) is 3.36. The van der Waals surface area contributed by atoms with Gasteiger partial charge in [-0.25, -0.2) is 8.78 Å². The Morgan fingerprint density at radius 2 is 1.90 bits per heavy atom. The number of halogens is 3. The van der Waals surface area contributed by atoms with Crippen LogP contribution in [0.2, 0.25) is 0 Å². The predicted molar refractivity (Wildman–Crippen MR) is 83.2 cm³/mol. The number of hydrogen-bond acceptors (Lipinski definition) is 2. The van der Waals surface area contributed by atoms with Gasteiger partial charge in [-0.05, 0) is 53.9 Å². The number of benzene rings is 1. The Kier molecular flexibility index (Phi) is 6.14. The van der Waals surface area contributed by atoms with E-state index in [2.05, 4.69) is 21.2 Å². The van der Waals surface area contributed by atoms with Crippen LogP contribution < -0.4 is 5.32 Å². The first-order valence-electron chi connectivity index (χ1n) is 7.43. The lowest BCUT2D eigenvalue weighted by Gasteiger charge is -2.35. The molecule has 1 aromatic carbocycles. The van der Waals surface area contributed by atoms with Crippen LogP contribution in [0.1, 0.15) is 43.7 Å². The molecule has 2 nitrogen and oxygen atoms in total. The van der Waals surface area contributed by atoms with E-state index in [0.29, 0.717) is 5.92 Å². The molecule has 118 valence electrons. The molecule has 0 bridgehead atoms. The summed E-state index contributed by atoms with van der Waals surface area (Å²) in [5.41, 5.74) is 0.0595. The summed E-state index contributed by atoms with van der Waals surface area (Å²) >= 11 is 3.13. The summed E-state index contributed by atoms with van der Waals surface area (Å²) in [6, 6.07) is 2.19. The van der Waals surface area contributed by atoms with Gasteiger partial charge in [-0.1, -0.05) is 19.3 Å². The molecule has 2 rings (SSSR count). The fourth-order valence-corrected chi connectivity index (χ4v) is 3.71. The lowest BCUT2D eigenvalue weighted by Crippen LogP contribution is -2.38. The second kappa shape index (κ2) is 7.65. The average molecular weight is 362 g/mol. The van der Waals surface area contributed by atoms with Gasteiger partial charge in [0.15, 0.2) is 0 Å². The van der Waals surface area contributed by atoms with E-state index in [4.69, 9.17) is 4.74 Å². The van der Waals surface area contributed by atoms with Crippen LogP contribution in [0.25, 0.3) is 0 Å². The molecular weight excluding hydrogens is 340 g/mol. The molecule has 0 aliphatic heterocycles. The minimum Gasteiger partial charge on any atom is -0.379 e. The minimum atomic E-state index is -0.549. The van der Waals surface area contributed by atoms with Gasteiger partial charge in [0.1, 0.15) is 11.6 Å². The Balaban J connectivity index is 2.35. The summed E-state index contributed by atoms with van der Waals surface area (Å²) in [6.45, 7) is 0. The molecule has 0 spiro atoms. The van der Waals surface area contributed by atoms with Crippen molar-refractivity contribution < 1.29 is 13.5 Å². The van der Waals surface area contributed by atoms with Gasteiger partial charge in [0, 0.05) is 12.7 Å². The summed E-state index contributed by atoms with van der Waals surface area (Å²) in [6.07, 6.45) is 5.42. The van der Waals surface area contributed by atoms with Crippen LogP contribution in [0, 0.1) is 17.6 Å². The minimum absolute atomic E-state index is 0.0595. The van der Waals surface area contributed by atoms with Crippen LogP contribution in [0.15, 0.2) is 16.6 Å². The zero-order valence-electron chi connectivity index (χ0n) is 12.5. The molecule has 1 saturated carbocycles. The van der Waals surface area contributed by atoms with Gasteiger partial charge in [-0.2, -0.15) is 0 Å². The number of rotatable bonds is 5. The standard InChI is InChI=1S/C16H22BrF2NO/c1-20-15(13-12(18)9-8-11(17)14(13)19)16(21-2)10-6-4-3-5-7-10/h8-10,15-16,20H,3-7H2,1-2H3. The third kappa shape index (κ3) is 3.63. The van der Waals surface area contributed by atoms with Crippen molar-refractivity contribution in [3.05, 3.63) is 33.8 Å². The zero-order chi connectivity index (χ0) is 15.4. The fraction of sp³-hybridized carbons (Fsp3) is 0.625. The van der Waals surface area contributed by atoms with Gasteiger partial charge in [0.25, 0.3) is 0 Å². The third-order valence-electron chi connectivity index (χ3n) is 4.42. The maximum atomic E-state index is 14.4. The normalized spacial score (nSPS) is 19.5. The van der Waals surface area contributed by atoms with Crippen molar-refractivity contribution in [2.75, 3.05) is 14.2 Å². The lowest BCUT2D eigenvalue weighted by molar-refractivity contribution is 0.00765. The molecule has 1 aliphatic carbocycles. The summed E-state index contributed by atoms with van der Waals surface area (Å²) < 4.78 is 34.5. The first-order chi connectivity index (χ1) is 10.1. The Morgan fingerprint density at radius 1 is 1.24 bits per heavy atom. The quantitative estimate of drug-likeness (QED) is 0.774. The van der Waals surface area contributed by atoms with Gasteiger partial charge in [-0.3, -0.25) is 0 Å². The molecule has 1 N–H and O–H groups in total. The van der Waals surface area contributed by atoms with Gasteiger partial charge >= 0.3 is 0 Å². The second-order valence-corrected chi connectivity index (χ2v) is 6.48. The van der Waals surface area contributed by atoms with E-state index in [-0.39, 0.29) is 16.1 Å². The zero-order valence-corrected chi connectivity index (χ0v) is 14.1. The Bertz CT molecular complexity index is 478. The number of nitrogens with one attached hydrogen (secondary N) is 1. The Hall–Kier alpha value is -0.520. The molecular formula is C16H22BrF2NO. The van der Waals surface area contributed by atoms with Crippen molar-refractivity contribution >= 4 is 15.9 Å². The molecule has 2 atom stereocenters. The Labute approximate surface area is 133 Å². The predicted octanol–water partition coefficient (Wildman–Crippen LogP) is 4.58. The van der Waals surface area contributed by atoms with Crippen LogP contribution in [0.4, 0.5) is 8.78 Å². The van der Waals surface area contributed by atoms with E-state index < -0.39 is 17.7 Å². The second-order valence-electron chi connectivity index (χ2n) is 5.62. The molecule has 1 aliphatic rings. The molecule has 0 radical (unpaired) electrons. The van der Waals surface area contributed by atoms with Crippen molar-refractivity contribution in [3.8, 4) is 0 Å². The number of likely N-dealkylation sites (N-methyl/N-ethyl adjacent to an activating group) is 1. The molecule has 21 heavy (non-hydrogen) atoms. The van der Waals surface area contributed by atoms with Crippen LogP contribution in [0.3, 0.4) is 0 Å². The first-order valence-corrected chi connectivity index (χ1v) is 8.23. The van der Waals surface area contributed by atoms with E-state index in [1.54, 1.807) is 14.2 Å². The van der Waals surface area contributed by atoms with Crippen molar-refractivity contribution in [3.63, 3.8) is 0 Å². The molecule has 1 fully saturated rings. The molecule has 2 unspecified atom stereocenters. The first kappa shape index (κ1) is 16.8. The molecule has 0 saturated heterocycles. The molecule has 5 heteroatoms. The topological polar surface area (TPSA) is 21.3 Å². The number of hydrogen-bond donors (Lipinski definition) is 1. The van der Waals surface area contributed by atoms with Crippen LogP contribution in [-0.2, 0) is 4.74 Å². The monoisotopic (exact) mass is 361 g/mol. The van der Waals surface area contributed by atoms with Gasteiger partial charge in [0.2, 0.25) is 0 Å². The molecule has 0 amide bonds. The number of ether oxygens (including phenoxy) is 1. The van der Waals surface area contributed by atoms with Crippen molar-refractivity contribution in [2.24, 2.45) is 5.92 Å². The maximum Gasteiger partial charge on any atom is 0.145 e. The van der Waals surface area contributed by atoms with E-state index in [0.717, 1.165) is 25.7 Å². The SMILES string of the molecule is CNC(c1c(F)ccc(Br)c1F)C(OC)C1CCCCC1. The van der Waals surface area contributed by atoms with E-state index in [1.165, 1.54) is 18.6 Å². The van der Waals surface area contributed by atoms with Crippen LogP contribution in [0.5, 0.6) is 0 Å². The van der Waals surface area contributed by atoms with E-state index >= 15 is 0 Å². The highest BCUT2D eigenvalue weighted by Crippen LogP contribution is 2.36. The number of methoxy groups -OCH3 is 1. The van der Waals surface area contributed by atoms with E-state index in [9.17, 15) is 8.78 Å². The molecule has 0 aromatic heterocycles. The van der Waals surface area contributed by atoms with Gasteiger partial charge < -0.3 is 10.1 Å². The van der Waals surface area contributed by atoms with Crippen molar-refractivity contribution in [1.82, 2.24) is 5.32 Å². The van der Waals surface area contributed by atoms with Gasteiger partial charge in [-0.15, -0.1) is 0 Å².